The van der Waals surface area contributed by atoms with Crippen molar-refractivity contribution in [1.29, 1.82) is 0 Å². The monoisotopic (exact) mass is 195 g/mol. The van der Waals surface area contributed by atoms with Crippen LogP contribution < -0.4 is 11.1 Å². The minimum Gasteiger partial charge on any atom is -0.469 e. The Bertz CT molecular complexity index is 315. The van der Waals surface area contributed by atoms with Gasteiger partial charge in [-0.2, -0.15) is 0 Å². The van der Waals surface area contributed by atoms with Crippen LogP contribution >= 0.6 is 0 Å². The summed E-state index contributed by atoms with van der Waals surface area (Å²) >= 11 is 0. The van der Waals surface area contributed by atoms with Crippen molar-refractivity contribution in [2.24, 2.45) is 0 Å². The lowest BCUT2D eigenvalue weighted by molar-refractivity contribution is -0.140. The summed E-state index contributed by atoms with van der Waals surface area (Å²) in [7, 11) is 1.36. The Morgan fingerprint density at radius 3 is 3.14 bits per heavy atom. The zero-order valence-electron chi connectivity index (χ0n) is 7.99. The smallest absolute Gasteiger partial charge is 0.307 e. The summed E-state index contributed by atoms with van der Waals surface area (Å²) in [5.41, 5.74) is 6.31. The molecule has 5 heteroatoms. The van der Waals surface area contributed by atoms with Gasteiger partial charge in [-0.15, -0.1) is 0 Å². The second-order valence-corrected chi connectivity index (χ2v) is 2.69. The standard InChI is InChI=1S/C9H13N3O2/c1-14-8(13)4-6-11-7-3-2-5-12-9(7)10/h2-3,5,11H,4,6H2,1H3,(H2,10,12). The zero-order valence-corrected chi connectivity index (χ0v) is 7.99. The molecule has 0 aliphatic rings. The number of methoxy groups -OCH3 is 1. The average Bonchev–Trinajstić information content (AvgIpc) is 2.20. The lowest BCUT2D eigenvalue weighted by Crippen LogP contribution is -2.11. The molecule has 0 unspecified atom stereocenters. The number of ether oxygens (including phenoxy) is 1. The predicted molar refractivity (Wildman–Crippen MR) is 53.8 cm³/mol. The summed E-state index contributed by atoms with van der Waals surface area (Å²) in [5.74, 6) is 0.178. The van der Waals surface area contributed by atoms with E-state index in [0.29, 0.717) is 18.8 Å². The third-order valence-electron chi connectivity index (χ3n) is 1.71. The number of anilines is 2. The summed E-state index contributed by atoms with van der Waals surface area (Å²) in [6, 6.07) is 3.58. The Kier molecular flexibility index (Phi) is 3.72. The van der Waals surface area contributed by atoms with Crippen molar-refractivity contribution in [2.75, 3.05) is 24.7 Å². The topological polar surface area (TPSA) is 77.2 Å². The molecule has 0 saturated heterocycles. The molecule has 0 aliphatic heterocycles. The lowest BCUT2D eigenvalue weighted by atomic mass is 10.3. The molecule has 0 saturated carbocycles. The molecular formula is C9H13N3O2. The number of hydrogen-bond donors (Lipinski definition) is 2. The molecule has 0 atom stereocenters. The molecule has 0 aliphatic carbocycles. The molecule has 1 aromatic rings. The van der Waals surface area contributed by atoms with Crippen LogP contribution in [0.5, 0.6) is 0 Å². The molecule has 0 amide bonds. The van der Waals surface area contributed by atoms with Gasteiger partial charge in [-0.05, 0) is 12.1 Å². The molecule has 0 aromatic carbocycles. The molecule has 3 N–H and O–H groups in total. The predicted octanol–water partition coefficient (Wildman–Crippen LogP) is 0.639. The quantitative estimate of drug-likeness (QED) is 0.689. The second kappa shape index (κ2) is 5.06. The van der Waals surface area contributed by atoms with Gasteiger partial charge in [0.15, 0.2) is 0 Å². The first-order valence-corrected chi connectivity index (χ1v) is 4.25. The van der Waals surface area contributed by atoms with Gasteiger partial charge in [-0.25, -0.2) is 4.98 Å². The minimum absolute atomic E-state index is 0.250. The Hall–Kier alpha value is -1.78. The van der Waals surface area contributed by atoms with Gasteiger partial charge in [0.05, 0.1) is 19.2 Å². The fourth-order valence-electron chi connectivity index (χ4n) is 0.968. The third kappa shape index (κ3) is 2.93. The Morgan fingerprint density at radius 1 is 1.71 bits per heavy atom. The molecule has 14 heavy (non-hydrogen) atoms. The summed E-state index contributed by atoms with van der Waals surface area (Å²) in [5, 5.41) is 2.99. The number of carbonyl (C=O) groups is 1. The SMILES string of the molecule is COC(=O)CCNc1cccnc1N. The number of aromatic nitrogens is 1. The van der Waals surface area contributed by atoms with Crippen LogP contribution in [-0.2, 0) is 9.53 Å². The molecule has 0 spiro atoms. The van der Waals surface area contributed by atoms with Crippen molar-refractivity contribution in [3.63, 3.8) is 0 Å². The Labute approximate surface area is 82.3 Å². The number of nitrogens with two attached hydrogens (primary N) is 1. The van der Waals surface area contributed by atoms with E-state index in [2.05, 4.69) is 15.0 Å². The van der Waals surface area contributed by atoms with Crippen molar-refractivity contribution in [3.05, 3.63) is 18.3 Å². The van der Waals surface area contributed by atoms with Gasteiger partial charge in [0, 0.05) is 12.7 Å². The third-order valence-corrected chi connectivity index (χ3v) is 1.71. The molecule has 1 heterocycles. The van der Waals surface area contributed by atoms with E-state index in [1.165, 1.54) is 7.11 Å². The van der Waals surface area contributed by atoms with E-state index >= 15 is 0 Å². The average molecular weight is 195 g/mol. The van der Waals surface area contributed by atoms with E-state index in [1.807, 2.05) is 0 Å². The van der Waals surface area contributed by atoms with Crippen LogP contribution in [0.1, 0.15) is 6.42 Å². The first kappa shape index (κ1) is 10.3. The largest absolute Gasteiger partial charge is 0.469 e. The number of carbonyl (C=O) groups excluding carboxylic acids is 1. The zero-order chi connectivity index (χ0) is 10.4. The molecular weight excluding hydrogens is 182 g/mol. The Balaban J connectivity index is 2.39. The van der Waals surface area contributed by atoms with Gasteiger partial charge in [-0.3, -0.25) is 4.79 Å². The molecule has 76 valence electrons. The summed E-state index contributed by atoms with van der Waals surface area (Å²) < 4.78 is 4.49. The van der Waals surface area contributed by atoms with Gasteiger partial charge < -0.3 is 15.8 Å². The maximum atomic E-state index is 10.8. The highest BCUT2D eigenvalue weighted by Gasteiger charge is 2.01. The first-order valence-electron chi connectivity index (χ1n) is 4.25. The number of nitrogens with zero attached hydrogens (tertiary/aromatic N) is 1. The van der Waals surface area contributed by atoms with E-state index in [1.54, 1.807) is 18.3 Å². The first-order chi connectivity index (χ1) is 6.74. The van der Waals surface area contributed by atoms with E-state index < -0.39 is 0 Å². The minimum atomic E-state index is -0.250. The molecule has 0 fully saturated rings. The van der Waals surface area contributed by atoms with Crippen molar-refractivity contribution in [3.8, 4) is 0 Å². The van der Waals surface area contributed by atoms with E-state index in [9.17, 15) is 4.79 Å². The van der Waals surface area contributed by atoms with Crippen molar-refractivity contribution < 1.29 is 9.53 Å². The van der Waals surface area contributed by atoms with Crippen LogP contribution in [0.15, 0.2) is 18.3 Å². The van der Waals surface area contributed by atoms with E-state index in [-0.39, 0.29) is 5.97 Å². The highest BCUT2D eigenvalue weighted by atomic mass is 16.5. The second-order valence-electron chi connectivity index (χ2n) is 2.69. The van der Waals surface area contributed by atoms with Gasteiger partial charge in [0.25, 0.3) is 0 Å². The summed E-state index contributed by atoms with van der Waals surface area (Å²) in [4.78, 5) is 14.7. The lowest BCUT2D eigenvalue weighted by Gasteiger charge is -2.06. The van der Waals surface area contributed by atoms with Crippen LogP contribution in [0.25, 0.3) is 0 Å². The van der Waals surface area contributed by atoms with Crippen molar-refractivity contribution in [1.82, 2.24) is 4.98 Å². The molecule has 0 bridgehead atoms. The summed E-state index contributed by atoms with van der Waals surface area (Å²) in [6.45, 7) is 0.489. The highest BCUT2D eigenvalue weighted by Crippen LogP contribution is 2.12. The summed E-state index contributed by atoms with van der Waals surface area (Å²) in [6.07, 6.45) is 1.92. The van der Waals surface area contributed by atoms with Gasteiger partial charge in [0.1, 0.15) is 5.82 Å². The van der Waals surface area contributed by atoms with Crippen molar-refractivity contribution in [2.45, 2.75) is 6.42 Å². The van der Waals surface area contributed by atoms with Crippen molar-refractivity contribution >= 4 is 17.5 Å². The van der Waals surface area contributed by atoms with Gasteiger partial charge in [0.2, 0.25) is 0 Å². The van der Waals surface area contributed by atoms with E-state index in [0.717, 1.165) is 5.69 Å². The molecule has 1 aromatic heterocycles. The maximum Gasteiger partial charge on any atom is 0.307 e. The molecule has 0 radical (unpaired) electrons. The van der Waals surface area contributed by atoms with Crippen LogP contribution in [0.2, 0.25) is 0 Å². The highest BCUT2D eigenvalue weighted by molar-refractivity contribution is 5.70. The van der Waals surface area contributed by atoms with Crippen LogP contribution in [0.3, 0.4) is 0 Å². The fourth-order valence-corrected chi connectivity index (χ4v) is 0.968. The molecule has 5 nitrogen and oxygen atoms in total. The number of nitrogen functional groups attached to an aromatic ring is 1. The normalized spacial score (nSPS) is 9.50. The number of hydrogen-bond acceptors (Lipinski definition) is 5. The fraction of sp³-hybridized carbons (Fsp3) is 0.333. The number of rotatable bonds is 4. The number of nitrogens with one attached hydrogen (secondary N) is 1. The van der Waals surface area contributed by atoms with Crippen LogP contribution in [0.4, 0.5) is 11.5 Å². The number of esters is 1. The molecule has 1 rings (SSSR count). The Morgan fingerprint density at radius 2 is 2.50 bits per heavy atom. The van der Waals surface area contributed by atoms with E-state index in [4.69, 9.17) is 5.73 Å². The van der Waals surface area contributed by atoms with Gasteiger partial charge >= 0.3 is 5.97 Å². The van der Waals surface area contributed by atoms with Gasteiger partial charge in [-0.1, -0.05) is 0 Å². The van der Waals surface area contributed by atoms with Crippen LogP contribution in [0, 0.1) is 0 Å². The number of pyridine rings is 1. The maximum absolute atomic E-state index is 10.8. The van der Waals surface area contributed by atoms with Crippen LogP contribution in [-0.4, -0.2) is 24.6 Å².